The molecule has 0 saturated heterocycles. The lowest BCUT2D eigenvalue weighted by molar-refractivity contribution is 0.0690. The van der Waals surface area contributed by atoms with Gasteiger partial charge in [0.05, 0.1) is 0 Å². The number of carboxylic acid groups (broad SMARTS) is 1. The molecule has 0 aliphatic rings. The number of aromatic nitrogens is 2. The average Bonchev–Trinajstić information content (AvgIpc) is 2.42. The number of fused-ring (bicyclic) bond motifs is 1. The summed E-state index contributed by atoms with van der Waals surface area (Å²) in [4.78, 5) is 14.4. The van der Waals surface area contributed by atoms with E-state index in [1.807, 2.05) is 19.2 Å². The first-order valence-electron chi connectivity index (χ1n) is 3.84. The van der Waals surface area contributed by atoms with Crippen LogP contribution in [0.25, 0.3) is 5.52 Å². The minimum Gasteiger partial charge on any atom is -0.477 e. The number of nitrogens with zero attached hydrogens (tertiary/aromatic N) is 2. The van der Waals surface area contributed by atoms with Crippen LogP contribution in [0.1, 0.15) is 16.1 Å². The van der Waals surface area contributed by atoms with E-state index in [0.717, 1.165) is 11.1 Å². The Morgan fingerprint density at radius 2 is 2.31 bits per heavy atom. The van der Waals surface area contributed by atoms with Crippen molar-refractivity contribution in [1.82, 2.24) is 9.38 Å². The van der Waals surface area contributed by atoms with E-state index in [0.29, 0.717) is 0 Å². The zero-order valence-corrected chi connectivity index (χ0v) is 7.06. The van der Waals surface area contributed by atoms with Gasteiger partial charge in [-0.2, -0.15) is 0 Å². The van der Waals surface area contributed by atoms with Gasteiger partial charge in [-0.05, 0) is 24.6 Å². The van der Waals surface area contributed by atoms with Crippen LogP contribution in [0.15, 0.2) is 24.7 Å². The summed E-state index contributed by atoms with van der Waals surface area (Å²) in [6, 6.07) is 3.46. The Labute approximate surface area is 74.5 Å². The van der Waals surface area contributed by atoms with Gasteiger partial charge < -0.3 is 9.51 Å². The van der Waals surface area contributed by atoms with Crippen molar-refractivity contribution in [3.63, 3.8) is 0 Å². The number of hydrogen-bond donors (Lipinski definition) is 1. The maximum atomic E-state index is 10.6. The molecule has 0 radical (unpaired) electrons. The van der Waals surface area contributed by atoms with Gasteiger partial charge in [0.1, 0.15) is 6.33 Å². The zero-order chi connectivity index (χ0) is 9.42. The van der Waals surface area contributed by atoms with Gasteiger partial charge in [0, 0.05) is 11.7 Å². The molecule has 2 aromatic rings. The van der Waals surface area contributed by atoms with Crippen molar-refractivity contribution in [1.29, 1.82) is 0 Å². The summed E-state index contributed by atoms with van der Waals surface area (Å²) >= 11 is 0. The quantitative estimate of drug-likeness (QED) is 0.713. The number of carbonyl (C=O) groups is 1. The molecule has 0 saturated carbocycles. The van der Waals surface area contributed by atoms with Crippen LogP contribution in [0.5, 0.6) is 0 Å². The molecule has 0 fully saturated rings. The fourth-order valence-corrected chi connectivity index (χ4v) is 1.27. The van der Waals surface area contributed by atoms with Crippen LogP contribution in [0.3, 0.4) is 0 Å². The second-order valence-corrected chi connectivity index (χ2v) is 2.93. The minimum absolute atomic E-state index is 0.0746. The van der Waals surface area contributed by atoms with E-state index < -0.39 is 5.97 Å². The summed E-state index contributed by atoms with van der Waals surface area (Å²) in [5, 5.41) is 8.68. The Kier molecular flexibility index (Phi) is 1.55. The molecule has 66 valence electrons. The maximum absolute atomic E-state index is 10.6. The largest absolute Gasteiger partial charge is 0.477 e. The third-order valence-corrected chi connectivity index (χ3v) is 1.84. The fraction of sp³-hybridized carbons (Fsp3) is 0.111. The lowest BCUT2D eigenvalue weighted by Gasteiger charge is -1.95. The van der Waals surface area contributed by atoms with Crippen molar-refractivity contribution in [2.45, 2.75) is 6.92 Å². The molecule has 0 atom stereocenters. The topological polar surface area (TPSA) is 54.6 Å². The van der Waals surface area contributed by atoms with Gasteiger partial charge in [0.15, 0.2) is 5.69 Å². The highest BCUT2D eigenvalue weighted by molar-refractivity contribution is 5.86. The predicted molar refractivity (Wildman–Crippen MR) is 46.9 cm³/mol. The molecule has 0 aromatic carbocycles. The number of aromatic carboxylic acids is 1. The van der Waals surface area contributed by atoms with E-state index in [2.05, 4.69) is 4.98 Å². The van der Waals surface area contributed by atoms with Gasteiger partial charge in [-0.3, -0.25) is 0 Å². The summed E-state index contributed by atoms with van der Waals surface area (Å²) in [7, 11) is 0. The summed E-state index contributed by atoms with van der Waals surface area (Å²) < 4.78 is 1.79. The monoisotopic (exact) mass is 176 g/mol. The molecule has 2 rings (SSSR count). The molecular formula is C9H8N2O2. The van der Waals surface area contributed by atoms with Gasteiger partial charge in [-0.15, -0.1) is 0 Å². The highest BCUT2D eigenvalue weighted by atomic mass is 16.4. The van der Waals surface area contributed by atoms with Crippen LogP contribution in [0.4, 0.5) is 0 Å². The Hall–Kier alpha value is -1.84. The Morgan fingerprint density at radius 3 is 3.00 bits per heavy atom. The normalized spacial score (nSPS) is 10.5. The van der Waals surface area contributed by atoms with Crippen LogP contribution in [-0.2, 0) is 0 Å². The lowest BCUT2D eigenvalue weighted by atomic mass is 10.3. The average molecular weight is 176 g/mol. The SMILES string of the molecule is Cc1cc2cc(C(=O)O)ncn2c1. The first kappa shape index (κ1) is 7.79. The summed E-state index contributed by atoms with van der Waals surface area (Å²) in [6.45, 7) is 1.95. The van der Waals surface area contributed by atoms with Gasteiger partial charge in [0.25, 0.3) is 0 Å². The van der Waals surface area contributed by atoms with Gasteiger partial charge in [0.2, 0.25) is 0 Å². The number of rotatable bonds is 1. The fourth-order valence-electron chi connectivity index (χ4n) is 1.27. The standard InChI is InChI=1S/C9H8N2O2/c1-6-2-7-3-8(9(12)13)10-5-11(7)4-6/h2-5H,1H3,(H,12,13). The van der Waals surface area contributed by atoms with Gasteiger partial charge in [-0.25, -0.2) is 9.78 Å². The molecule has 0 aliphatic carbocycles. The Morgan fingerprint density at radius 1 is 1.54 bits per heavy atom. The molecule has 1 N–H and O–H groups in total. The molecule has 0 unspecified atom stereocenters. The second kappa shape index (κ2) is 2.58. The van der Waals surface area contributed by atoms with Gasteiger partial charge in [-0.1, -0.05) is 0 Å². The highest BCUT2D eigenvalue weighted by Crippen LogP contribution is 2.09. The number of hydrogen-bond acceptors (Lipinski definition) is 2. The molecule has 4 nitrogen and oxygen atoms in total. The van der Waals surface area contributed by atoms with E-state index >= 15 is 0 Å². The minimum atomic E-state index is -0.999. The van der Waals surface area contributed by atoms with Crippen molar-refractivity contribution in [2.75, 3.05) is 0 Å². The second-order valence-electron chi connectivity index (χ2n) is 2.93. The third kappa shape index (κ3) is 1.26. The molecule has 2 aromatic heterocycles. The molecule has 0 bridgehead atoms. The summed E-state index contributed by atoms with van der Waals surface area (Å²) in [5.74, 6) is -0.999. The Bertz CT molecular complexity index is 473. The highest BCUT2D eigenvalue weighted by Gasteiger charge is 2.05. The van der Waals surface area contributed by atoms with Crippen LogP contribution in [-0.4, -0.2) is 20.5 Å². The molecule has 13 heavy (non-hydrogen) atoms. The number of carboxylic acids is 1. The van der Waals surface area contributed by atoms with Crippen molar-refractivity contribution < 1.29 is 9.90 Å². The van der Waals surface area contributed by atoms with E-state index in [9.17, 15) is 4.79 Å². The van der Waals surface area contributed by atoms with Crippen molar-refractivity contribution in [3.8, 4) is 0 Å². The van der Waals surface area contributed by atoms with E-state index in [4.69, 9.17) is 5.11 Å². The molecule has 2 heterocycles. The van der Waals surface area contributed by atoms with Crippen LogP contribution in [0, 0.1) is 6.92 Å². The van der Waals surface area contributed by atoms with Crippen molar-refractivity contribution in [2.24, 2.45) is 0 Å². The molecule has 4 heteroatoms. The first-order chi connectivity index (χ1) is 6.16. The molecule has 0 spiro atoms. The molecular weight excluding hydrogens is 168 g/mol. The van der Waals surface area contributed by atoms with Crippen LogP contribution >= 0.6 is 0 Å². The maximum Gasteiger partial charge on any atom is 0.354 e. The summed E-state index contributed by atoms with van der Waals surface area (Å²) in [6.07, 6.45) is 3.40. The van der Waals surface area contributed by atoms with Crippen LogP contribution < -0.4 is 0 Å². The van der Waals surface area contributed by atoms with E-state index in [1.165, 1.54) is 6.33 Å². The lowest BCUT2D eigenvalue weighted by Crippen LogP contribution is -2.00. The molecule has 0 amide bonds. The molecule has 0 aliphatic heterocycles. The first-order valence-corrected chi connectivity index (χ1v) is 3.84. The van der Waals surface area contributed by atoms with Gasteiger partial charge >= 0.3 is 5.97 Å². The van der Waals surface area contributed by atoms with Crippen LogP contribution in [0.2, 0.25) is 0 Å². The third-order valence-electron chi connectivity index (χ3n) is 1.84. The van der Waals surface area contributed by atoms with Crippen molar-refractivity contribution >= 4 is 11.5 Å². The summed E-state index contributed by atoms with van der Waals surface area (Å²) in [5.41, 5.74) is 2.01. The number of aryl methyl sites for hydroxylation is 1. The predicted octanol–water partition coefficient (Wildman–Crippen LogP) is 1.34. The smallest absolute Gasteiger partial charge is 0.354 e. The van der Waals surface area contributed by atoms with E-state index in [-0.39, 0.29) is 5.69 Å². The zero-order valence-electron chi connectivity index (χ0n) is 7.06. The Balaban J connectivity index is 2.67. The van der Waals surface area contributed by atoms with Crippen molar-refractivity contribution in [3.05, 3.63) is 35.9 Å². The van der Waals surface area contributed by atoms with E-state index in [1.54, 1.807) is 10.5 Å².